The van der Waals surface area contributed by atoms with Crippen LogP contribution in [-0.4, -0.2) is 0 Å². The van der Waals surface area contributed by atoms with Crippen LogP contribution in [0.2, 0.25) is 0 Å². The van der Waals surface area contributed by atoms with Crippen LogP contribution in [0.15, 0.2) is 12.2 Å². The van der Waals surface area contributed by atoms with E-state index in [9.17, 15) is 0 Å². The third kappa shape index (κ3) is 180. The van der Waals surface area contributed by atoms with E-state index in [1.54, 1.807) is 0 Å². The van der Waals surface area contributed by atoms with E-state index in [0.717, 1.165) is 0 Å². The Balaban J connectivity index is -0.0000000492. The van der Waals surface area contributed by atoms with E-state index in [2.05, 4.69) is 27.7 Å². The fraction of sp³-hybridized carbons (Fsp3) is 0.857. The predicted molar refractivity (Wildman–Crippen MR) is 73.0 cm³/mol. The fourth-order valence-corrected chi connectivity index (χ4v) is 0. The summed E-state index contributed by atoms with van der Waals surface area (Å²) in [6, 6.07) is 0. The minimum Gasteiger partial charge on any atom is -0.0919 e. The zero-order chi connectivity index (χ0) is 12.2. The quantitative estimate of drug-likeness (QED) is 0.466. The lowest BCUT2D eigenvalue weighted by Gasteiger charge is -1.68. The van der Waals surface area contributed by atoms with Crippen molar-refractivity contribution in [3.63, 3.8) is 0 Å². The molecule has 0 saturated heterocycles. The Labute approximate surface area is 93.8 Å². The average Bonchev–Trinajstić information content (AvgIpc) is 2.31. The molecule has 0 nitrogen and oxygen atoms in total. The first-order chi connectivity index (χ1) is 6.74. The number of allylic oxidation sites excluding steroid dienone is 2. The lowest BCUT2D eigenvalue weighted by Crippen LogP contribution is -1.47. The molecule has 0 aromatic rings. The molecule has 0 rings (SSSR count). The van der Waals surface area contributed by atoms with Gasteiger partial charge in [-0.05, 0) is 13.8 Å². The summed E-state index contributed by atoms with van der Waals surface area (Å²) in [7, 11) is 0. The normalized spacial score (nSPS) is 7.43. The molecule has 0 fully saturated rings. The molecule has 0 aliphatic carbocycles. The second-order valence-electron chi connectivity index (χ2n) is 2.67. The van der Waals surface area contributed by atoms with Gasteiger partial charge in [0.25, 0.3) is 0 Å². The van der Waals surface area contributed by atoms with Crippen LogP contribution in [0, 0.1) is 0 Å². The third-order valence-corrected chi connectivity index (χ3v) is 1.33. The molecule has 0 spiro atoms. The van der Waals surface area contributed by atoms with E-state index in [-0.39, 0.29) is 0 Å². The van der Waals surface area contributed by atoms with Crippen LogP contribution in [0.4, 0.5) is 0 Å². The summed E-state index contributed by atoms with van der Waals surface area (Å²) in [6.45, 7) is 16.7. The first-order valence-electron chi connectivity index (χ1n) is 6.32. The van der Waals surface area contributed by atoms with Gasteiger partial charge in [-0.3, -0.25) is 0 Å². The molecule has 0 aromatic carbocycles. The van der Waals surface area contributed by atoms with Crippen molar-refractivity contribution in [3.8, 4) is 0 Å². The Bertz CT molecular complexity index is 41.1. The van der Waals surface area contributed by atoms with Crippen LogP contribution in [-0.2, 0) is 0 Å². The number of hydrogen-bond acceptors (Lipinski definition) is 0. The highest BCUT2D eigenvalue weighted by molar-refractivity contribution is 4.68. The highest BCUT2D eigenvalue weighted by Crippen LogP contribution is 1.77. The van der Waals surface area contributed by atoms with Crippen molar-refractivity contribution in [1.29, 1.82) is 0 Å². The highest BCUT2D eigenvalue weighted by Gasteiger charge is 1.56. The van der Waals surface area contributed by atoms with Crippen LogP contribution >= 0.6 is 0 Å². The van der Waals surface area contributed by atoms with Gasteiger partial charge >= 0.3 is 0 Å². The minimum absolute atomic E-state index is 1.32. The zero-order valence-corrected chi connectivity index (χ0v) is 12.0. The van der Waals surface area contributed by atoms with Crippen molar-refractivity contribution in [2.24, 2.45) is 0 Å². The van der Waals surface area contributed by atoms with Gasteiger partial charge < -0.3 is 0 Å². The van der Waals surface area contributed by atoms with E-state index >= 15 is 0 Å². The van der Waals surface area contributed by atoms with Crippen LogP contribution in [0.5, 0.6) is 0 Å². The fourth-order valence-electron chi connectivity index (χ4n) is 0. The molecular weight excluding hydrogens is 168 g/mol. The van der Waals surface area contributed by atoms with E-state index in [1.165, 1.54) is 25.7 Å². The molecular formula is C14H34. The maximum Gasteiger partial charge on any atom is -0.0470 e. The van der Waals surface area contributed by atoms with Gasteiger partial charge in [0.15, 0.2) is 0 Å². The molecule has 0 radical (unpaired) electrons. The molecule has 0 atom stereocenters. The molecule has 0 aromatic heterocycles. The second kappa shape index (κ2) is 53.3. The summed E-state index contributed by atoms with van der Waals surface area (Å²) in [5, 5.41) is 0. The van der Waals surface area contributed by atoms with Crippen molar-refractivity contribution in [2.75, 3.05) is 0 Å². The van der Waals surface area contributed by atoms with Gasteiger partial charge in [0.1, 0.15) is 0 Å². The van der Waals surface area contributed by atoms with Crippen molar-refractivity contribution in [2.45, 2.75) is 81.1 Å². The Kier molecular flexibility index (Phi) is 89.5. The first kappa shape index (κ1) is 23.5. The maximum absolute atomic E-state index is 2.18. The topological polar surface area (TPSA) is 0 Å². The number of hydrogen-bond donors (Lipinski definition) is 0. The van der Waals surface area contributed by atoms with Gasteiger partial charge in [-0.1, -0.05) is 79.4 Å². The molecule has 0 unspecified atom stereocenters. The molecule has 14 heavy (non-hydrogen) atoms. The van der Waals surface area contributed by atoms with Gasteiger partial charge in [-0.25, -0.2) is 0 Å². The van der Waals surface area contributed by atoms with Gasteiger partial charge in [-0.2, -0.15) is 0 Å². The molecule has 0 bridgehead atoms. The van der Waals surface area contributed by atoms with Crippen LogP contribution in [0.25, 0.3) is 0 Å². The van der Waals surface area contributed by atoms with Crippen LogP contribution in [0.1, 0.15) is 81.1 Å². The smallest absolute Gasteiger partial charge is 0.0470 e. The Morgan fingerprint density at radius 2 is 0.714 bits per heavy atom. The Hall–Kier alpha value is -0.260. The van der Waals surface area contributed by atoms with Gasteiger partial charge in [0, 0.05) is 0 Å². The highest BCUT2D eigenvalue weighted by atomic mass is 13.6. The van der Waals surface area contributed by atoms with Gasteiger partial charge in [0.05, 0.1) is 0 Å². The van der Waals surface area contributed by atoms with Crippen molar-refractivity contribution in [1.82, 2.24) is 0 Å². The van der Waals surface area contributed by atoms with Crippen LogP contribution < -0.4 is 0 Å². The average molecular weight is 202 g/mol. The molecule has 0 aliphatic rings. The zero-order valence-electron chi connectivity index (χ0n) is 12.0. The van der Waals surface area contributed by atoms with E-state index in [0.29, 0.717) is 0 Å². The van der Waals surface area contributed by atoms with Crippen LogP contribution in [0.3, 0.4) is 0 Å². The lowest BCUT2D eigenvalue weighted by molar-refractivity contribution is 0.886. The summed E-state index contributed by atoms with van der Waals surface area (Å²) in [5.74, 6) is 0. The summed E-state index contributed by atoms with van der Waals surface area (Å²) < 4.78 is 0. The lowest BCUT2D eigenvalue weighted by atomic mass is 10.4. The van der Waals surface area contributed by atoms with Gasteiger partial charge in [0.2, 0.25) is 0 Å². The second-order valence-corrected chi connectivity index (χ2v) is 2.67. The molecule has 0 amide bonds. The summed E-state index contributed by atoms with van der Waals surface area (Å²) in [5.41, 5.74) is 0. The minimum atomic E-state index is 1.32. The van der Waals surface area contributed by atoms with E-state index in [1.807, 2.05) is 39.8 Å². The Morgan fingerprint density at radius 1 is 0.571 bits per heavy atom. The van der Waals surface area contributed by atoms with Crippen molar-refractivity contribution < 1.29 is 0 Å². The summed E-state index contributed by atoms with van der Waals surface area (Å²) >= 11 is 0. The predicted octanol–water partition coefficient (Wildman–Crippen LogP) is 6.22. The Morgan fingerprint density at radius 3 is 0.714 bits per heavy atom. The van der Waals surface area contributed by atoms with Crippen molar-refractivity contribution in [3.05, 3.63) is 12.2 Å². The summed E-state index contributed by atoms with van der Waals surface area (Å²) in [6.07, 6.45) is 9.28. The number of unbranched alkanes of at least 4 members (excludes halogenated alkanes) is 2. The largest absolute Gasteiger partial charge is 0.0919 e. The maximum atomic E-state index is 2.18. The van der Waals surface area contributed by atoms with Crippen molar-refractivity contribution >= 4 is 0 Å². The van der Waals surface area contributed by atoms with E-state index < -0.39 is 0 Å². The monoisotopic (exact) mass is 202 g/mol. The standard InChI is InChI=1S/2C4H10.C4H8.C2H6/c3*1-3-4-2;1-2/h2*3-4H2,1-2H3;3-4H,1-2H3;1-2H3. The molecule has 0 N–H and O–H groups in total. The third-order valence-electron chi connectivity index (χ3n) is 1.33. The first-order valence-corrected chi connectivity index (χ1v) is 6.32. The molecule has 90 valence electrons. The molecule has 0 aliphatic heterocycles. The summed E-state index contributed by atoms with van der Waals surface area (Å²) in [4.78, 5) is 0. The number of rotatable bonds is 2. The molecule has 0 heteroatoms. The SMILES string of the molecule is CC.CC=CC.CCCC.CCCC. The molecule has 0 heterocycles. The molecule has 0 saturated carbocycles. The van der Waals surface area contributed by atoms with E-state index in [4.69, 9.17) is 0 Å². The van der Waals surface area contributed by atoms with Gasteiger partial charge in [-0.15, -0.1) is 0 Å².